The molecule has 0 bridgehead atoms. The second kappa shape index (κ2) is 4.55. The van der Waals surface area contributed by atoms with Crippen LogP contribution in [-0.2, 0) is 5.75 Å². The molecule has 0 saturated heterocycles. The highest BCUT2D eigenvalue weighted by molar-refractivity contribution is 7.98. The molecule has 0 radical (unpaired) electrons. The molecule has 1 N–H and O–H groups in total. The summed E-state index contributed by atoms with van der Waals surface area (Å²) < 4.78 is 0. The Morgan fingerprint density at radius 3 is 2.82 bits per heavy atom. The normalized spacial score (nSPS) is 10.8. The molecule has 84 valence electrons. The van der Waals surface area contributed by atoms with Crippen LogP contribution in [0.25, 0.3) is 11.2 Å². The third kappa shape index (κ3) is 2.29. The minimum Gasteiger partial charge on any atom is -0.332 e. The highest BCUT2D eigenvalue weighted by Crippen LogP contribution is 2.21. The van der Waals surface area contributed by atoms with Crippen LogP contribution in [0, 0.1) is 0 Å². The van der Waals surface area contributed by atoms with Gasteiger partial charge >= 0.3 is 0 Å². The van der Waals surface area contributed by atoms with Crippen LogP contribution in [0.4, 0.5) is 0 Å². The Morgan fingerprint density at radius 2 is 2.00 bits per heavy atom. The number of H-pyrrole nitrogens is 1. The van der Waals surface area contributed by atoms with Gasteiger partial charge in [0.05, 0.1) is 5.52 Å². The summed E-state index contributed by atoms with van der Waals surface area (Å²) in [6.07, 6.45) is 5.35. The number of thioether (sulfide) groups is 1. The Bertz CT molecular complexity index is 587. The number of hydrogen-bond acceptors (Lipinski definition) is 4. The van der Waals surface area contributed by atoms with Crippen molar-refractivity contribution in [3.8, 4) is 0 Å². The lowest BCUT2D eigenvalue weighted by Gasteiger charge is -1.97. The zero-order valence-electron chi connectivity index (χ0n) is 9.00. The summed E-state index contributed by atoms with van der Waals surface area (Å²) >= 11 is 1.66. The van der Waals surface area contributed by atoms with Gasteiger partial charge < -0.3 is 4.98 Å². The predicted octanol–water partition coefficient (Wildman–Crippen LogP) is 2.65. The van der Waals surface area contributed by atoms with E-state index < -0.39 is 0 Å². The maximum Gasteiger partial charge on any atom is 0.178 e. The van der Waals surface area contributed by atoms with E-state index in [0.29, 0.717) is 0 Å². The maximum atomic E-state index is 4.41. The van der Waals surface area contributed by atoms with E-state index in [2.05, 4.69) is 19.9 Å². The zero-order valence-corrected chi connectivity index (χ0v) is 9.81. The fourth-order valence-corrected chi connectivity index (χ4v) is 2.35. The number of nitrogens with one attached hydrogen (secondary N) is 1. The summed E-state index contributed by atoms with van der Waals surface area (Å²) in [6.45, 7) is 0. The molecule has 0 amide bonds. The predicted molar refractivity (Wildman–Crippen MR) is 67.7 cm³/mol. The van der Waals surface area contributed by atoms with Crippen molar-refractivity contribution in [2.75, 3.05) is 0 Å². The number of hydrogen-bond donors (Lipinski definition) is 1. The Morgan fingerprint density at radius 1 is 1.12 bits per heavy atom. The minimum atomic E-state index is 0.768. The molecule has 5 heteroatoms. The molecular weight excluding hydrogens is 232 g/mol. The van der Waals surface area contributed by atoms with Crippen molar-refractivity contribution >= 4 is 22.9 Å². The average molecular weight is 242 g/mol. The van der Waals surface area contributed by atoms with Crippen molar-refractivity contribution in [3.05, 3.63) is 48.4 Å². The van der Waals surface area contributed by atoms with Crippen LogP contribution in [0.1, 0.15) is 5.56 Å². The van der Waals surface area contributed by atoms with E-state index in [1.807, 2.05) is 24.3 Å². The van der Waals surface area contributed by atoms with E-state index in [9.17, 15) is 0 Å². The molecular formula is C12H10N4S. The van der Waals surface area contributed by atoms with E-state index >= 15 is 0 Å². The SMILES string of the molecule is c1cnc2nc(SCc3ccncc3)[nH]c2c1. The molecule has 3 aromatic heterocycles. The highest BCUT2D eigenvalue weighted by Gasteiger charge is 2.03. The fraction of sp³-hybridized carbons (Fsp3) is 0.0833. The van der Waals surface area contributed by atoms with Gasteiger partial charge in [-0.1, -0.05) is 11.8 Å². The van der Waals surface area contributed by atoms with Crippen molar-refractivity contribution in [1.29, 1.82) is 0 Å². The first-order chi connectivity index (χ1) is 8.42. The van der Waals surface area contributed by atoms with E-state index in [1.54, 1.807) is 30.4 Å². The van der Waals surface area contributed by atoms with Crippen molar-refractivity contribution in [2.45, 2.75) is 10.9 Å². The fourth-order valence-electron chi connectivity index (χ4n) is 1.52. The standard InChI is InChI=1S/C12H10N4S/c1-2-10-11(14-5-1)16-12(15-10)17-8-9-3-6-13-7-4-9/h1-7H,8H2,(H,14,15,16). The minimum absolute atomic E-state index is 0.768. The monoisotopic (exact) mass is 242 g/mol. The molecule has 0 atom stereocenters. The average Bonchev–Trinajstić information content (AvgIpc) is 2.80. The van der Waals surface area contributed by atoms with Crippen molar-refractivity contribution in [2.24, 2.45) is 0 Å². The quantitative estimate of drug-likeness (QED) is 0.717. The first-order valence-electron chi connectivity index (χ1n) is 5.24. The number of aromatic amines is 1. The molecule has 4 nitrogen and oxygen atoms in total. The Labute approximate surface area is 103 Å². The zero-order chi connectivity index (χ0) is 11.5. The van der Waals surface area contributed by atoms with E-state index in [4.69, 9.17) is 0 Å². The molecule has 0 saturated carbocycles. The van der Waals surface area contributed by atoms with Gasteiger partial charge in [0, 0.05) is 24.3 Å². The van der Waals surface area contributed by atoms with Crippen LogP contribution in [0.3, 0.4) is 0 Å². The first-order valence-corrected chi connectivity index (χ1v) is 6.23. The first kappa shape index (κ1) is 10.3. The molecule has 3 aromatic rings. The van der Waals surface area contributed by atoms with Gasteiger partial charge in [-0.05, 0) is 29.8 Å². The van der Waals surface area contributed by atoms with Crippen LogP contribution in [-0.4, -0.2) is 19.9 Å². The molecule has 3 rings (SSSR count). The number of aromatic nitrogens is 4. The molecule has 0 fully saturated rings. The van der Waals surface area contributed by atoms with Gasteiger partial charge in [0.2, 0.25) is 0 Å². The number of nitrogens with zero attached hydrogens (tertiary/aromatic N) is 3. The lowest BCUT2D eigenvalue weighted by molar-refractivity contribution is 1.07. The molecule has 0 aliphatic heterocycles. The van der Waals surface area contributed by atoms with E-state index in [1.165, 1.54) is 5.56 Å². The third-order valence-electron chi connectivity index (χ3n) is 2.36. The number of pyridine rings is 2. The Hall–Kier alpha value is -1.88. The van der Waals surface area contributed by atoms with E-state index in [-0.39, 0.29) is 0 Å². The van der Waals surface area contributed by atoms with Crippen LogP contribution >= 0.6 is 11.8 Å². The van der Waals surface area contributed by atoms with Gasteiger partial charge in [-0.2, -0.15) is 0 Å². The molecule has 0 spiro atoms. The van der Waals surface area contributed by atoms with Crippen LogP contribution in [0.5, 0.6) is 0 Å². The summed E-state index contributed by atoms with van der Waals surface area (Å²) in [4.78, 5) is 15.8. The van der Waals surface area contributed by atoms with Gasteiger partial charge in [-0.15, -0.1) is 0 Å². The Balaban J connectivity index is 1.77. The summed E-state index contributed by atoms with van der Waals surface area (Å²) in [5.41, 5.74) is 2.98. The smallest absolute Gasteiger partial charge is 0.178 e. The van der Waals surface area contributed by atoms with Crippen molar-refractivity contribution in [3.63, 3.8) is 0 Å². The second-order valence-corrected chi connectivity index (χ2v) is 4.52. The van der Waals surface area contributed by atoms with Gasteiger partial charge in [0.15, 0.2) is 10.8 Å². The van der Waals surface area contributed by atoms with Crippen molar-refractivity contribution < 1.29 is 0 Å². The number of fused-ring (bicyclic) bond motifs is 1. The Kier molecular flexibility index (Phi) is 2.75. The highest BCUT2D eigenvalue weighted by atomic mass is 32.2. The lowest BCUT2D eigenvalue weighted by Crippen LogP contribution is -1.81. The number of imidazole rings is 1. The van der Waals surface area contributed by atoms with Gasteiger partial charge in [-0.25, -0.2) is 9.97 Å². The van der Waals surface area contributed by atoms with Crippen LogP contribution in [0.15, 0.2) is 48.0 Å². The maximum absolute atomic E-state index is 4.41. The third-order valence-corrected chi connectivity index (χ3v) is 3.31. The second-order valence-electron chi connectivity index (χ2n) is 3.56. The molecule has 0 aromatic carbocycles. The van der Waals surface area contributed by atoms with Gasteiger partial charge in [0.1, 0.15) is 0 Å². The van der Waals surface area contributed by atoms with Gasteiger partial charge in [0.25, 0.3) is 0 Å². The summed E-state index contributed by atoms with van der Waals surface area (Å²) in [5, 5.41) is 0.899. The summed E-state index contributed by atoms with van der Waals surface area (Å²) in [6, 6.07) is 7.89. The molecule has 0 aliphatic carbocycles. The molecule has 17 heavy (non-hydrogen) atoms. The lowest BCUT2D eigenvalue weighted by atomic mass is 10.3. The van der Waals surface area contributed by atoms with Crippen LogP contribution < -0.4 is 0 Å². The summed E-state index contributed by atoms with van der Waals surface area (Å²) in [7, 11) is 0. The molecule has 3 heterocycles. The largest absolute Gasteiger partial charge is 0.332 e. The number of rotatable bonds is 3. The van der Waals surface area contributed by atoms with Gasteiger partial charge in [-0.3, -0.25) is 4.98 Å². The molecule has 0 aliphatic rings. The van der Waals surface area contributed by atoms with E-state index in [0.717, 1.165) is 22.1 Å². The molecule has 0 unspecified atom stereocenters. The van der Waals surface area contributed by atoms with Crippen LogP contribution in [0.2, 0.25) is 0 Å². The van der Waals surface area contributed by atoms with Crippen molar-refractivity contribution in [1.82, 2.24) is 19.9 Å². The topological polar surface area (TPSA) is 54.5 Å². The summed E-state index contributed by atoms with van der Waals surface area (Å²) in [5.74, 6) is 0.877.